The largest absolute Gasteiger partial charge is 0.359 e. The molecule has 4 aromatic rings. The molecule has 0 aliphatic rings. The highest BCUT2D eigenvalue weighted by molar-refractivity contribution is 7.92. The summed E-state index contributed by atoms with van der Waals surface area (Å²) in [5.74, 6) is 0.238. The van der Waals surface area contributed by atoms with Crippen LogP contribution in [0, 0.1) is 19.8 Å². The average molecular weight is 603 g/mol. The maximum atomic E-state index is 13.6. The van der Waals surface area contributed by atoms with Crippen LogP contribution in [0.4, 0.5) is 5.82 Å². The van der Waals surface area contributed by atoms with Crippen molar-refractivity contribution in [3.8, 4) is 11.1 Å². The highest BCUT2D eigenvalue weighted by Gasteiger charge is 2.32. The van der Waals surface area contributed by atoms with Crippen molar-refractivity contribution in [1.29, 1.82) is 0 Å². The van der Waals surface area contributed by atoms with Gasteiger partial charge >= 0.3 is 0 Å². The molecular weight excluding hydrogens is 564 g/mol. The second-order valence-corrected chi connectivity index (χ2v) is 12.5. The first-order valence-electron chi connectivity index (χ1n) is 14.2. The Bertz CT molecular complexity index is 1670. The van der Waals surface area contributed by atoms with E-state index in [1.54, 1.807) is 44.0 Å². The van der Waals surface area contributed by atoms with E-state index in [1.807, 2.05) is 68.4 Å². The maximum Gasteiger partial charge on any atom is 0.263 e. The minimum absolute atomic E-state index is 0.0972. The van der Waals surface area contributed by atoms with Crippen LogP contribution in [0.15, 0.2) is 88.3 Å². The van der Waals surface area contributed by atoms with E-state index in [4.69, 9.17) is 4.52 Å². The van der Waals surface area contributed by atoms with Crippen LogP contribution in [-0.2, 0) is 32.6 Å². The lowest BCUT2D eigenvalue weighted by atomic mass is 9.98. The Labute approximate surface area is 253 Å². The van der Waals surface area contributed by atoms with Gasteiger partial charge in [0.25, 0.3) is 10.0 Å². The molecule has 2 N–H and O–H groups in total. The molecule has 0 aliphatic heterocycles. The summed E-state index contributed by atoms with van der Waals surface area (Å²) in [7, 11) is -2.40. The number of rotatable bonds is 12. The molecule has 9 nitrogen and oxygen atoms in total. The van der Waals surface area contributed by atoms with E-state index in [-0.39, 0.29) is 41.4 Å². The Balaban J connectivity index is 1.60. The number of aryl methyl sites for hydroxylation is 2. The van der Waals surface area contributed by atoms with Crippen LogP contribution >= 0.6 is 0 Å². The molecule has 0 aliphatic carbocycles. The third-order valence-corrected chi connectivity index (χ3v) is 8.85. The Kier molecular flexibility index (Phi) is 10.0. The van der Waals surface area contributed by atoms with Crippen molar-refractivity contribution in [1.82, 2.24) is 15.4 Å². The van der Waals surface area contributed by atoms with E-state index in [0.29, 0.717) is 28.9 Å². The number of carbonyl (C=O) groups is 2. The summed E-state index contributed by atoms with van der Waals surface area (Å²) in [6.45, 7) is 7.53. The van der Waals surface area contributed by atoms with Gasteiger partial charge < -0.3 is 14.7 Å². The molecule has 2 amide bonds. The fraction of sp³-hybridized carbons (Fsp3) is 0.303. The smallest absolute Gasteiger partial charge is 0.263 e. The van der Waals surface area contributed by atoms with E-state index in [2.05, 4.69) is 15.2 Å². The second-order valence-electron chi connectivity index (χ2n) is 10.8. The molecule has 0 saturated carbocycles. The van der Waals surface area contributed by atoms with Crippen LogP contribution in [-0.4, -0.2) is 43.4 Å². The summed E-state index contributed by atoms with van der Waals surface area (Å²) >= 11 is 0. The SMILES string of the molecule is CNC(=O)[C@H](C(C)C)N(Cc1ccc(-c2ccccc2S(=O)(=O)Nc2noc(C)c2C)cc1)C(=O)CCc1ccccc1. The molecule has 0 unspecified atom stereocenters. The van der Waals surface area contributed by atoms with Gasteiger partial charge in [-0.1, -0.05) is 91.8 Å². The number of anilines is 1. The lowest BCUT2D eigenvalue weighted by molar-refractivity contribution is -0.142. The summed E-state index contributed by atoms with van der Waals surface area (Å²) in [6.07, 6.45) is 0.839. The molecule has 0 saturated heterocycles. The lowest BCUT2D eigenvalue weighted by Crippen LogP contribution is -2.51. The summed E-state index contributed by atoms with van der Waals surface area (Å²) in [5.41, 5.74) is 3.69. The predicted octanol–water partition coefficient (Wildman–Crippen LogP) is 5.49. The van der Waals surface area contributed by atoms with Gasteiger partial charge in [-0.25, -0.2) is 8.42 Å². The first-order chi connectivity index (χ1) is 20.5. The third-order valence-electron chi connectivity index (χ3n) is 7.46. The summed E-state index contributed by atoms with van der Waals surface area (Å²) in [5, 5.41) is 6.54. The first kappa shape index (κ1) is 31.5. The van der Waals surface area contributed by atoms with E-state index >= 15 is 0 Å². The minimum Gasteiger partial charge on any atom is -0.359 e. The Morgan fingerprint density at radius 2 is 1.56 bits per heavy atom. The van der Waals surface area contributed by atoms with Gasteiger partial charge in [0.15, 0.2) is 5.82 Å². The summed E-state index contributed by atoms with van der Waals surface area (Å²) in [6, 6.07) is 23.2. The molecule has 1 aromatic heterocycles. The van der Waals surface area contributed by atoms with E-state index < -0.39 is 16.1 Å². The molecule has 1 atom stereocenters. The highest BCUT2D eigenvalue weighted by atomic mass is 32.2. The number of nitrogens with one attached hydrogen (secondary N) is 2. The number of amides is 2. The minimum atomic E-state index is -3.97. The zero-order chi connectivity index (χ0) is 31.1. The molecule has 10 heteroatoms. The zero-order valence-corrected chi connectivity index (χ0v) is 25.9. The Morgan fingerprint density at radius 3 is 2.16 bits per heavy atom. The quantitative estimate of drug-likeness (QED) is 0.221. The van der Waals surface area contributed by atoms with Gasteiger partial charge in [0, 0.05) is 31.1 Å². The third kappa shape index (κ3) is 7.50. The molecule has 1 heterocycles. The average Bonchev–Trinajstić information content (AvgIpc) is 3.31. The molecule has 226 valence electrons. The van der Waals surface area contributed by atoms with Gasteiger partial charge in [-0.3, -0.25) is 14.3 Å². The van der Waals surface area contributed by atoms with Gasteiger partial charge in [0.2, 0.25) is 11.8 Å². The molecule has 0 fully saturated rings. The van der Waals surface area contributed by atoms with Crippen LogP contribution in [0.3, 0.4) is 0 Å². The van der Waals surface area contributed by atoms with Crippen molar-refractivity contribution in [2.24, 2.45) is 5.92 Å². The zero-order valence-electron chi connectivity index (χ0n) is 25.1. The van der Waals surface area contributed by atoms with Crippen LogP contribution < -0.4 is 10.0 Å². The van der Waals surface area contributed by atoms with E-state index in [1.165, 1.54) is 6.07 Å². The summed E-state index contributed by atoms with van der Waals surface area (Å²) < 4.78 is 34.4. The van der Waals surface area contributed by atoms with Gasteiger partial charge in [-0.2, -0.15) is 0 Å². The number of sulfonamides is 1. The standard InChI is InChI=1S/C33H38N4O5S/c1-22(2)31(33(39)34-5)37(30(38)20-17-25-11-7-6-8-12-25)21-26-15-18-27(19-16-26)28-13-9-10-14-29(28)43(40,41)36-32-23(3)24(4)42-35-32/h6-16,18-19,22,31H,17,20-21H2,1-5H3,(H,34,39)(H,35,36)/t31-/m0/s1. The predicted molar refractivity (Wildman–Crippen MR) is 167 cm³/mol. The topological polar surface area (TPSA) is 122 Å². The molecule has 0 radical (unpaired) electrons. The number of carbonyl (C=O) groups excluding carboxylic acids is 2. The number of nitrogens with zero attached hydrogens (tertiary/aromatic N) is 2. The van der Waals surface area contributed by atoms with Crippen LogP contribution in [0.1, 0.15) is 42.7 Å². The van der Waals surface area contributed by atoms with Gasteiger partial charge in [0.05, 0.1) is 4.90 Å². The Hall–Kier alpha value is -4.44. The van der Waals surface area contributed by atoms with E-state index in [0.717, 1.165) is 11.1 Å². The number of hydrogen-bond donors (Lipinski definition) is 2. The molecule has 0 bridgehead atoms. The van der Waals surface area contributed by atoms with Crippen LogP contribution in [0.5, 0.6) is 0 Å². The van der Waals surface area contributed by atoms with Gasteiger partial charge in [-0.15, -0.1) is 0 Å². The molecule has 0 spiro atoms. The van der Waals surface area contributed by atoms with E-state index in [9.17, 15) is 18.0 Å². The molecule has 3 aromatic carbocycles. The fourth-order valence-electron chi connectivity index (χ4n) is 4.95. The molecule has 4 rings (SSSR count). The first-order valence-corrected chi connectivity index (χ1v) is 15.7. The summed E-state index contributed by atoms with van der Waals surface area (Å²) in [4.78, 5) is 28.2. The number of likely N-dealkylation sites (N-methyl/N-ethyl adjacent to an activating group) is 1. The van der Waals surface area contributed by atoms with Crippen LogP contribution in [0.2, 0.25) is 0 Å². The van der Waals surface area contributed by atoms with Crippen molar-refractivity contribution in [3.05, 3.63) is 101 Å². The van der Waals surface area contributed by atoms with Crippen molar-refractivity contribution < 1.29 is 22.5 Å². The monoisotopic (exact) mass is 602 g/mol. The van der Waals surface area contributed by atoms with Crippen molar-refractivity contribution in [3.63, 3.8) is 0 Å². The maximum absolute atomic E-state index is 13.6. The van der Waals surface area contributed by atoms with Crippen molar-refractivity contribution in [2.45, 2.75) is 58.0 Å². The Morgan fingerprint density at radius 1 is 0.907 bits per heavy atom. The number of aromatic nitrogens is 1. The van der Waals surface area contributed by atoms with Gasteiger partial charge in [-0.05, 0) is 48.9 Å². The number of benzene rings is 3. The number of hydrogen-bond acceptors (Lipinski definition) is 6. The molecule has 43 heavy (non-hydrogen) atoms. The van der Waals surface area contributed by atoms with Gasteiger partial charge in [0.1, 0.15) is 11.8 Å². The lowest BCUT2D eigenvalue weighted by Gasteiger charge is -2.33. The second kappa shape index (κ2) is 13.7. The highest BCUT2D eigenvalue weighted by Crippen LogP contribution is 2.30. The molecular formula is C33H38N4O5S. The fourth-order valence-corrected chi connectivity index (χ4v) is 6.24. The van der Waals surface area contributed by atoms with Crippen molar-refractivity contribution in [2.75, 3.05) is 11.8 Å². The van der Waals surface area contributed by atoms with Crippen LogP contribution in [0.25, 0.3) is 11.1 Å². The van der Waals surface area contributed by atoms with Crippen molar-refractivity contribution >= 4 is 27.7 Å². The normalized spacial score (nSPS) is 12.1.